The van der Waals surface area contributed by atoms with Crippen LogP contribution in [0, 0.1) is 18.3 Å². The molecule has 0 heterocycles. The summed E-state index contributed by atoms with van der Waals surface area (Å²) in [6.07, 6.45) is 0. The average molecular weight is 296 g/mol. The molecule has 2 rings (SSSR count). The van der Waals surface area contributed by atoms with E-state index in [0.29, 0.717) is 18.8 Å². The maximum absolute atomic E-state index is 8.71. The quantitative estimate of drug-likeness (QED) is 0.761. The summed E-state index contributed by atoms with van der Waals surface area (Å²) >= 11 is 0. The average Bonchev–Trinajstić information content (AvgIpc) is 2.56. The van der Waals surface area contributed by atoms with Crippen LogP contribution in [0.25, 0.3) is 0 Å². The zero-order valence-electron chi connectivity index (χ0n) is 12.7. The van der Waals surface area contributed by atoms with Crippen LogP contribution in [0.4, 0.5) is 0 Å². The number of nitriles is 1. The minimum Gasteiger partial charge on any atom is -0.492 e. The highest BCUT2D eigenvalue weighted by atomic mass is 16.5. The van der Waals surface area contributed by atoms with Crippen molar-refractivity contribution < 1.29 is 9.47 Å². The molecule has 0 aromatic heterocycles. The lowest BCUT2D eigenvalue weighted by Gasteiger charge is -2.09. The number of benzene rings is 2. The molecule has 22 heavy (non-hydrogen) atoms. The zero-order valence-corrected chi connectivity index (χ0v) is 12.7. The molecule has 0 bridgehead atoms. The second-order valence-electron chi connectivity index (χ2n) is 4.90. The second kappa shape index (κ2) is 8.71. The fraction of sp³-hybridized carbons (Fsp3) is 0.278. The fourth-order valence-corrected chi connectivity index (χ4v) is 1.87. The van der Waals surface area contributed by atoms with Crippen LogP contribution in [0.3, 0.4) is 0 Å². The molecule has 114 valence electrons. The van der Waals surface area contributed by atoms with Gasteiger partial charge in [-0.1, -0.05) is 17.7 Å². The van der Waals surface area contributed by atoms with Gasteiger partial charge in [0.05, 0.1) is 11.6 Å². The van der Waals surface area contributed by atoms with Gasteiger partial charge in [0, 0.05) is 13.1 Å². The normalized spacial score (nSPS) is 10.0. The Balaban J connectivity index is 1.54. The first kappa shape index (κ1) is 15.9. The SMILES string of the molecule is Cc1ccc(OCCNCCOc2ccc(C#N)cc2)cc1. The van der Waals surface area contributed by atoms with E-state index >= 15 is 0 Å². The number of hydrogen-bond donors (Lipinski definition) is 1. The van der Waals surface area contributed by atoms with E-state index < -0.39 is 0 Å². The van der Waals surface area contributed by atoms with Gasteiger partial charge < -0.3 is 14.8 Å². The third kappa shape index (κ3) is 5.47. The largest absolute Gasteiger partial charge is 0.492 e. The summed E-state index contributed by atoms with van der Waals surface area (Å²) in [5.74, 6) is 1.66. The summed E-state index contributed by atoms with van der Waals surface area (Å²) < 4.78 is 11.2. The Morgan fingerprint density at radius 2 is 1.36 bits per heavy atom. The van der Waals surface area contributed by atoms with E-state index in [-0.39, 0.29) is 0 Å². The van der Waals surface area contributed by atoms with Crippen LogP contribution < -0.4 is 14.8 Å². The molecule has 0 aliphatic carbocycles. The van der Waals surface area contributed by atoms with Crippen LogP contribution in [-0.4, -0.2) is 26.3 Å². The highest BCUT2D eigenvalue weighted by Gasteiger charge is 1.96. The van der Waals surface area contributed by atoms with Crippen molar-refractivity contribution in [3.8, 4) is 17.6 Å². The third-order valence-corrected chi connectivity index (χ3v) is 3.10. The summed E-state index contributed by atoms with van der Waals surface area (Å²) in [5.41, 5.74) is 1.86. The summed E-state index contributed by atoms with van der Waals surface area (Å²) in [7, 11) is 0. The number of rotatable bonds is 8. The predicted octanol–water partition coefficient (Wildman–Crippen LogP) is 2.91. The van der Waals surface area contributed by atoms with E-state index in [2.05, 4.69) is 18.3 Å². The number of aryl methyl sites for hydroxylation is 1. The fourth-order valence-electron chi connectivity index (χ4n) is 1.87. The number of nitrogens with zero attached hydrogens (tertiary/aromatic N) is 1. The molecule has 0 radical (unpaired) electrons. The molecule has 0 amide bonds. The van der Waals surface area contributed by atoms with Crippen molar-refractivity contribution in [2.24, 2.45) is 0 Å². The zero-order chi connectivity index (χ0) is 15.6. The van der Waals surface area contributed by atoms with Crippen molar-refractivity contribution in [3.05, 3.63) is 59.7 Å². The second-order valence-corrected chi connectivity index (χ2v) is 4.90. The van der Waals surface area contributed by atoms with Crippen molar-refractivity contribution in [1.29, 1.82) is 5.26 Å². The minimum atomic E-state index is 0.580. The maximum Gasteiger partial charge on any atom is 0.119 e. The molecule has 0 fully saturated rings. The van der Waals surface area contributed by atoms with Gasteiger partial charge in [0.25, 0.3) is 0 Å². The third-order valence-electron chi connectivity index (χ3n) is 3.10. The molecule has 0 saturated carbocycles. The molecule has 0 aliphatic rings. The van der Waals surface area contributed by atoms with Crippen LogP contribution in [0.1, 0.15) is 11.1 Å². The Hall–Kier alpha value is -2.51. The predicted molar refractivity (Wildman–Crippen MR) is 86.2 cm³/mol. The molecule has 2 aromatic carbocycles. The first-order valence-corrected chi connectivity index (χ1v) is 7.31. The van der Waals surface area contributed by atoms with Crippen LogP contribution in [-0.2, 0) is 0 Å². The molecule has 0 atom stereocenters. The first-order chi connectivity index (χ1) is 10.8. The van der Waals surface area contributed by atoms with Crippen LogP contribution >= 0.6 is 0 Å². The van der Waals surface area contributed by atoms with Gasteiger partial charge in [0.1, 0.15) is 24.7 Å². The summed E-state index contributed by atoms with van der Waals surface area (Å²) in [6.45, 7) is 4.78. The van der Waals surface area contributed by atoms with Gasteiger partial charge in [-0.3, -0.25) is 0 Å². The molecule has 4 heteroatoms. The highest BCUT2D eigenvalue weighted by molar-refractivity contribution is 5.34. The minimum absolute atomic E-state index is 0.580. The standard InChI is InChI=1S/C18H20N2O2/c1-15-2-6-17(7-3-15)21-12-10-20-11-13-22-18-8-4-16(14-19)5-9-18/h2-9,20H,10-13H2,1H3. The monoisotopic (exact) mass is 296 g/mol. The van der Waals surface area contributed by atoms with Crippen molar-refractivity contribution in [2.75, 3.05) is 26.3 Å². The van der Waals surface area contributed by atoms with Gasteiger partial charge in [0.2, 0.25) is 0 Å². The number of ether oxygens (including phenoxy) is 2. The number of hydrogen-bond acceptors (Lipinski definition) is 4. The van der Waals surface area contributed by atoms with Crippen LogP contribution in [0.15, 0.2) is 48.5 Å². The molecular formula is C18H20N2O2. The summed E-state index contributed by atoms with van der Waals surface area (Å²) in [6, 6.07) is 17.2. The Kier molecular flexibility index (Phi) is 6.28. The molecule has 2 aromatic rings. The van der Waals surface area contributed by atoms with Crippen molar-refractivity contribution in [1.82, 2.24) is 5.32 Å². The Morgan fingerprint density at radius 1 is 0.864 bits per heavy atom. The van der Waals surface area contributed by atoms with Gasteiger partial charge >= 0.3 is 0 Å². The van der Waals surface area contributed by atoms with Gasteiger partial charge in [-0.05, 0) is 43.3 Å². The van der Waals surface area contributed by atoms with Crippen LogP contribution in [0.2, 0.25) is 0 Å². The lowest BCUT2D eigenvalue weighted by molar-refractivity contribution is 0.289. The topological polar surface area (TPSA) is 54.3 Å². The molecule has 0 saturated heterocycles. The summed E-state index contributed by atoms with van der Waals surface area (Å²) in [5, 5.41) is 12.0. The first-order valence-electron chi connectivity index (χ1n) is 7.31. The lowest BCUT2D eigenvalue weighted by Crippen LogP contribution is -2.25. The lowest BCUT2D eigenvalue weighted by atomic mass is 10.2. The van der Waals surface area contributed by atoms with E-state index in [9.17, 15) is 0 Å². The Labute approximate surface area is 131 Å². The molecule has 0 unspecified atom stereocenters. The smallest absolute Gasteiger partial charge is 0.119 e. The van der Waals surface area contributed by atoms with Crippen LogP contribution in [0.5, 0.6) is 11.5 Å². The van der Waals surface area contributed by atoms with E-state index in [1.54, 1.807) is 24.3 Å². The van der Waals surface area contributed by atoms with E-state index in [0.717, 1.165) is 24.6 Å². The van der Waals surface area contributed by atoms with Crippen molar-refractivity contribution >= 4 is 0 Å². The van der Waals surface area contributed by atoms with Crippen molar-refractivity contribution in [3.63, 3.8) is 0 Å². The molecule has 0 spiro atoms. The van der Waals surface area contributed by atoms with E-state index in [1.807, 2.05) is 24.3 Å². The van der Waals surface area contributed by atoms with Gasteiger partial charge in [-0.25, -0.2) is 0 Å². The van der Waals surface area contributed by atoms with Crippen molar-refractivity contribution in [2.45, 2.75) is 6.92 Å². The Bertz CT molecular complexity index is 600. The van der Waals surface area contributed by atoms with Gasteiger partial charge in [-0.15, -0.1) is 0 Å². The highest BCUT2D eigenvalue weighted by Crippen LogP contribution is 2.11. The van der Waals surface area contributed by atoms with Gasteiger partial charge in [-0.2, -0.15) is 5.26 Å². The maximum atomic E-state index is 8.71. The van der Waals surface area contributed by atoms with Gasteiger partial charge in [0.15, 0.2) is 0 Å². The number of nitrogens with one attached hydrogen (secondary N) is 1. The molecule has 4 nitrogen and oxygen atoms in total. The molecule has 1 N–H and O–H groups in total. The Morgan fingerprint density at radius 3 is 1.86 bits per heavy atom. The van der Waals surface area contributed by atoms with E-state index in [1.165, 1.54) is 5.56 Å². The molecule has 0 aliphatic heterocycles. The van der Waals surface area contributed by atoms with E-state index in [4.69, 9.17) is 14.7 Å². The molecular weight excluding hydrogens is 276 g/mol. The summed E-state index contributed by atoms with van der Waals surface area (Å²) in [4.78, 5) is 0.